The van der Waals surface area contributed by atoms with Crippen LogP contribution in [-0.4, -0.2) is 43.3 Å². The van der Waals surface area contributed by atoms with Crippen molar-refractivity contribution in [3.05, 3.63) is 53.1 Å². The third-order valence-corrected chi connectivity index (χ3v) is 5.12. The summed E-state index contributed by atoms with van der Waals surface area (Å²) in [6, 6.07) is 7.74. The van der Waals surface area contributed by atoms with Crippen molar-refractivity contribution in [1.29, 1.82) is 0 Å². The number of nitrogens with zero attached hydrogens (tertiary/aromatic N) is 5. The predicted octanol–water partition coefficient (Wildman–Crippen LogP) is 2.96. The summed E-state index contributed by atoms with van der Waals surface area (Å²) < 4.78 is 20.9. The number of hydrogen-bond acceptors (Lipinski definition) is 5. The fraction of sp³-hybridized carbons (Fsp3) is 0.400. The maximum absolute atomic E-state index is 13.1. The van der Waals surface area contributed by atoms with E-state index < -0.39 is 0 Å². The molecule has 1 aliphatic rings. The van der Waals surface area contributed by atoms with E-state index >= 15 is 0 Å². The number of tetrazole rings is 1. The molecule has 0 radical (unpaired) electrons. The van der Waals surface area contributed by atoms with Gasteiger partial charge in [-0.3, -0.25) is 4.79 Å². The van der Waals surface area contributed by atoms with E-state index in [0.717, 1.165) is 37.4 Å². The molecule has 0 saturated carbocycles. The monoisotopic (exact) mass is 383 g/mol. The van der Waals surface area contributed by atoms with E-state index in [-0.39, 0.29) is 24.2 Å². The van der Waals surface area contributed by atoms with Gasteiger partial charge in [0.1, 0.15) is 12.4 Å². The van der Waals surface area contributed by atoms with Crippen LogP contribution in [-0.2, 0) is 17.8 Å². The molecule has 3 aromatic rings. The van der Waals surface area contributed by atoms with E-state index in [4.69, 9.17) is 4.74 Å². The van der Waals surface area contributed by atoms with Crippen molar-refractivity contribution in [2.75, 3.05) is 6.61 Å². The molecule has 0 N–H and O–H groups in total. The first kappa shape index (κ1) is 18.5. The summed E-state index contributed by atoms with van der Waals surface area (Å²) in [7, 11) is 0. The van der Waals surface area contributed by atoms with Crippen LogP contribution in [0.5, 0.6) is 0 Å². The zero-order valence-electron chi connectivity index (χ0n) is 15.9. The second kappa shape index (κ2) is 7.63. The molecule has 0 spiro atoms. The van der Waals surface area contributed by atoms with E-state index in [2.05, 4.69) is 20.0 Å². The summed E-state index contributed by atoms with van der Waals surface area (Å²) in [6.07, 6.45) is 2.35. The lowest BCUT2D eigenvalue weighted by atomic mass is 10.1. The normalized spacial score (nSPS) is 16.6. The van der Waals surface area contributed by atoms with Gasteiger partial charge in [-0.25, -0.2) is 4.39 Å². The van der Waals surface area contributed by atoms with Gasteiger partial charge in [0.05, 0.1) is 6.10 Å². The molecule has 8 heteroatoms. The zero-order chi connectivity index (χ0) is 19.7. The minimum Gasteiger partial charge on any atom is -0.376 e. The summed E-state index contributed by atoms with van der Waals surface area (Å²) >= 11 is 0. The van der Waals surface area contributed by atoms with Crippen LogP contribution in [0.1, 0.15) is 34.6 Å². The van der Waals surface area contributed by atoms with Crippen LogP contribution in [0.4, 0.5) is 4.39 Å². The lowest BCUT2D eigenvalue weighted by Gasteiger charge is -2.14. The maximum Gasteiger partial charge on any atom is 0.204 e. The molecule has 4 rings (SSSR count). The quantitative estimate of drug-likeness (QED) is 0.612. The zero-order valence-corrected chi connectivity index (χ0v) is 15.9. The summed E-state index contributed by atoms with van der Waals surface area (Å²) in [6.45, 7) is 5.52. The Morgan fingerprint density at radius 2 is 2.07 bits per heavy atom. The Morgan fingerprint density at radius 1 is 1.29 bits per heavy atom. The first-order valence-corrected chi connectivity index (χ1v) is 9.36. The van der Waals surface area contributed by atoms with Crippen molar-refractivity contribution in [2.45, 2.75) is 45.9 Å². The highest BCUT2D eigenvalue weighted by molar-refractivity contribution is 5.97. The highest BCUT2D eigenvalue weighted by Crippen LogP contribution is 2.21. The topological polar surface area (TPSA) is 74.8 Å². The molecule has 1 fully saturated rings. The van der Waals surface area contributed by atoms with Gasteiger partial charge in [-0.05, 0) is 62.2 Å². The largest absolute Gasteiger partial charge is 0.376 e. The Morgan fingerprint density at radius 3 is 2.79 bits per heavy atom. The second-order valence-electron chi connectivity index (χ2n) is 7.10. The third-order valence-electron chi connectivity index (χ3n) is 5.12. The van der Waals surface area contributed by atoms with Crippen molar-refractivity contribution in [1.82, 2.24) is 24.8 Å². The number of halogens is 1. The number of carbonyl (C=O) groups is 1. The van der Waals surface area contributed by atoms with E-state index in [1.54, 1.807) is 12.1 Å². The minimum absolute atomic E-state index is 0.00157. The molecule has 2 aromatic heterocycles. The fourth-order valence-corrected chi connectivity index (χ4v) is 3.59. The van der Waals surface area contributed by atoms with Crippen molar-refractivity contribution < 1.29 is 13.9 Å². The van der Waals surface area contributed by atoms with Gasteiger partial charge in [0.2, 0.25) is 5.82 Å². The van der Waals surface area contributed by atoms with Gasteiger partial charge >= 0.3 is 0 Å². The molecule has 0 aliphatic carbocycles. The van der Waals surface area contributed by atoms with Crippen LogP contribution in [0, 0.1) is 19.7 Å². The van der Waals surface area contributed by atoms with E-state index in [9.17, 15) is 9.18 Å². The molecular weight excluding hydrogens is 361 g/mol. The second-order valence-corrected chi connectivity index (χ2v) is 7.10. The lowest BCUT2D eigenvalue weighted by Crippen LogP contribution is -2.18. The van der Waals surface area contributed by atoms with Gasteiger partial charge in [0.25, 0.3) is 0 Å². The summed E-state index contributed by atoms with van der Waals surface area (Å²) in [5.74, 6) is -0.0453. The summed E-state index contributed by atoms with van der Waals surface area (Å²) in [5, 5.41) is 12.2. The minimum atomic E-state index is -0.329. The molecule has 28 heavy (non-hydrogen) atoms. The van der Waals surface area contributed by atoms with Crippen LogP contribution in [0.15, 0.2) is 30.3 Å². The van der Waals surface area contributed by atoms with Crippen molar-refractivity contribution in [2.24, 2.45) is 0 Å². The molecule has 1 atom stereocenters. The van der Waals surface area contributed by atoms with Crippen molar-refractivity contribution in [3.63, 3.8) is 0 Å². The Kier molecular flexibility index (Phi) is 5.04. The molecule has 0 amide bonds. The number of aromatic nitrogens is 5. The molecule has 1 aliphatic heterocycles. The van der Waals surface area contributed by atoms with Crippen molar-refractivity contribution in [3.8, 4) is 11.4 Å². The highest BCUT2D eigenvalue weighted by Gasteiger charge is 2.21. The number of benzene rings is 1. The van der Waals surface area contributed by atoms with Crippen LogP contribution >= 0.6 is 0 Å². The molecule has 146 valence electrons. The Hall–Kier alpha value is -2.87. The first-order valence-electron chi connectivity index (χ1n) is 9.36. The van der Waals surface area contributed by atoms with Crippen LogP contribution in [0.3, 0.4) is 0 Å². The Bertz CT molecular complexity index is 987. The number of aryl methyl sites for hydroxylation is 1. The Labute approximate surface area is 162 Å². The Balaban J connectivity index is 1.49. The van der Waals surface area contributed by atoms with Gasteiger partial charge in [0, 0.05) is 35.7 Å². The van der Waals surface area contributed by atoms with Crippen LogP contribution < -0.4 is 0 Å². The number of carbonyl (C=O) groups excluding carboxylic acids is 1. The van der Waals surface area contributed by atoms with E-state index in [1.165, 1.54) is 16.9 Å². The number of ether oxygens (including phenoxy) is 1. The molecule has 0 bridgehead atoms. The number of hydrogen-bond donors (Lipinski definition) is 0. The average molecular weight is 383 g/mol. The molecule has 3 heterocycles. The molecule has 1 saturated heterocycles. The molecular formula is C20H22FN5O2. The molecule has 7 nitrogen and oxygen atoms in total. The smallest absolute Gasteiger partial charge is 0.204 e. The van der Waals surface area contributed by atoms with Gasteiger partial charge in [-0.2, -0.15) is 4.80 Å². The van der Waals surface area contributed by atoms with Gasteiger partial charge in [0.15, 0.2) is 5.78 Å². The van der Waals surface area contributed by atoms with Crippen LogP contribution in [0.25, 0.3) is 11.4 Å². The average Bonchev–Trinajstić information content (AvgIpc) is 3.40. The maximum atomic E-state index is 13.1. The van der Waals surface area contributed by atoms with E-state index in [1.807, 2.05) is 19.9 Å². The summed E-state index contributed by atoms with van der Waals surface area (Å²) in [5.41, 5.74) is 3.28. The van der Waals surface area contributed by atoms with Gasteiger partial charge in [-0.1, -0.05) is 0 Å². The summed E-state index contributed by atoms with van der Waals surface area (Å²) in [4.78, 5) is 14.1. The number of Topliss-reactive ketones (excluding diaryl/α,β-unsaturated/α-hetero) is 1. The number of ketones is 1. The van der Waals surface area contributed by atoms with Gasteiger partial charge < -0.3 is 9.30 Å². The van der Waals surface area contributed by atoms with Crippen molar-refractivity contribution >= 4 is 5.78 Å². The molecule has 0 unspecified atom stereocenters. The van der Waals surface area contributed by atoms with Gasteiger partial charge in [-0.15, -0.1) is 10.2 Å². The first-order chi connectivity index (χ1) is 13.5. The highest BCUT2D eigenvalue weighted by atomic mass is 19.1. The fourth-order valence-electron chi connectivity index (χ4n) is 3.59. The predicted molar refractivity (Wildman–Crippen MR) is 100 cm³/mol. The third kappa shape index (κ3) is 3.73. The molecule has 1 aromatic carbocycles. The standard InChI is InChI=1S/C20H22FN5O2/c1-13-10-18(14(2)25(13)11-17-4-3-9-28-17)19(27)12-26-23-20(22-24-26)15-5-7-16(21)8-6-15/h5-8,10,17H,3-4,9,11-12H2,1-2H3/t17-/m0/s1. The lowest BCUT2D eigenvalue weighted by molar-refractivity contribution is 0.0943. The number of rotatable bonds is 6. The SMILES string of the molecule is Cc1cc(C(=O)Cn2nnc(-c3ccc(F)cc3)n2)c(C)n1C[C@@H]1CCCO1. The van der Waals surface area contributed by atoms with Crippen LogP contribution in [0.2, 0.25) is 0 Å². The van der Waals surface area contributed by atoms with E-state index in [0.29, 0.717) is 17.0 Å².